The van der Waals surface area contributed by atoms with E-state index in [4.69, 9.17) is 11.6 Å². The van der Waals surface area contributed by atoms with E-state index in [1.807, 2.05) is 23.1 Å². The van der Waals surface area contributed by atoms with Crippen molar-refractivity contribution >= 4 is 33.7 Å². The van der Waals surface area contributed by atoms with Crippen LogP contribution in [0.1, 0.15) is 5.56 Å². The Labute approximate surface area is 149 Å². The number of aromatic nitrogens is 1. The molecular formula is C18H16ClN3O3. The molecule has 1 N–H and O–H groups in total. The van der Waals surface area contributed by atoms with Gasteiger partial charge in [-0.25, -0.2) is 0 Å². The Morgan fingerprint density at radius 2 is 2.04 bits per heavy atom. The van der Waals surface area contributed by atoms with Gasteiger partial charge in [0.25, 0.3) is 5.69 Å². The Morgan fingerprint density at radius 3 is 2.76 bits per heavy atom. The fraction of sp³-hybridized carbons (Fsp3) is 0.167. The van der Waals surface area contributed by atoms with Crippen molar-refractivity contribution in [2.45, 2.75) is 6.54 Å². The monoisotopic (exact) mass is 357 g/mol. The molecule has 1 heterocycles. The summed E-state index contributed by atoms with van der Waals surface area (Å²) in [5.74, 6) is 0. The summed E-state index contributed by atoms with van der Waals surface area (Å²) >= 11 is 6.05. The van der Waals surface area contributed by atoms with Gasteiger partial charge in [0.1, 0.15) is 0 Å². The van der Waals surface area contributed by atoms with Crippen LogP contribution in [0.4, 0.5) is 11.4 Å². The lowest BCUT2D eigenvalue weighted by Gasteiger charge is -2.25. The minimum atomic E-state index is -0.416. The third-order valence-electron chi connectivity index (χ3n) is 3.94. The van der Waals surface area contributed by atoms with Crippen LogP contribution in [0.2, 0.25) is 5.02 Å². The van der Waals surface area contributed by atoms with Crippen molar-refractivity contribution < 1.29 is 10.0 Å². The van der Waals surface area contributed by atoms with Crippen LogP contribution in [0.5, 0.6) is 0 Å². The molecule has 128 valence electrons. The number of hydrogen-bond donors (Lipinski definition) is 1. The van der Waals surface area contributed by atoms with Gasteiger partial charge in [-0.2, -0.15) is 0 Å². The van der Waals surface area contributed by atoms with E-state index in [0.717, 1.165) is 16.6 Å². The van der Waals surface area contributed by atoms with Crippen LogP contribution >= 0.6 is 11.6 Å². The van der Waals surface area contributed by atoms with Gasteiger partial charge in [-0.1, -0.05) is 23.7 Å². The number of nitro benzene ring substituents is 1. The van der Waals surface area contributed by atoms with Crippen LogP contribution in [0.15, 0.2) is 54.9 Å². The van der Waals surface area contributed by atoms with Gasteiger partial charge >= 0.3 is 0 Å². The highest BCUT2D eigenvalue weighted by atomic mass is 35.5. The van der Waals surface area contributed by atoms with Crippen molar-refractivity contribution in [1.82, 2.24) is 4.98 Å². The maximum Gasteiger partial charge on any atom is 0.278 e. The molecule has 3 rings (SSSR count). The molecule has 0 aliphatic carbocycles. The Bertz CT molecular complexity index is 917. The van der Waals surface area contributed by atoms with E-state index in [1.54, 1.807) is 24.4 Å². The molecule has 25 heavy (non-hydrogen) atoms. The highest BCUT2D eigenvalue weighted by molar-refractivity contribution is 6.30. The average molecular weight is 358 g/mol. The number of nitrogens with zero attached hydrogens (tertiary/aromatic N) is 3. The van der Waals surface area contributed by atoms with Gasteiger partial charge in [0.05, 0.1) is 16.9 Å². The maximum absolute atomic E-state index is 11.3. The number of nitro groups is 1. The predicted octanol–water partition coefficient (Wildman–Crippen LogP) is 3.80. The number of hydrogen-bond acceptors (Lipinski definition) is 5. The van der Waals surface area contributed by atoms with E-state index >= 15 is 0 Å². The highest BCUT2D eigenvalue weighted by Crippen LogP contribution is 2.33. The standard InChI is InChI=1S/C18H16ClN3O3/c19-14-3-1-2-13(10-14)12-21(8-9-23)17-4-5-18(22(24)25)16-11-20-7-6-15(16)17/h1-7,10-11,23H,8-9,12H2. The van der Waals surface area contributed by atoms with Crippen LogP contribution in [-0.4, -0.2) is 28.2 Å². The van der Waals surface area contributed by atoms with E-state index in [9.17, 15) is 15.2 Å². The number of halogens is 1. The number of fused-ring (bicyclic) bond motifs is 1. The second-order valence-electron chi connectivity index (χ2n) is 5.56. The number of aliphatic hydroxyl groups excluding tert-OH is 1. The topological polar surface area (TPSA) is 79.5 Å². The Hall–Kier alpha value is -2.70. The lowest BCUT2D eigenvalue weighted by atomic mass is 10.1. The second kappa shape index (κ2) is 7.46. The lowest BCUT2D eigenvalue weighted by Crippen LogP contribution is -2.26. The molecule has 1 aromatic heterocycles. The molecule has 2 aromatic carbocycles. The molecule has 7 heteroatoms. The first kappa shape index (κ1) is 17.1. The lowest BCUT2D eigenvalue weighted by molar-refractivity contribution is -0.383. The Kier molecular flexibility index (Phi) is 5.11. The molecule has 0 aliphatic rings. The molecule has 0 spiro atoms. The number of aliphatic hydroxyl groups is 1. The number of anilines is 1. The largest absolute Gasteiger partial charge is 0.395 e. The second-order valence-corrected chi connectivity index (χ2v) is 5.99. The van der Waals surface area contributed by atoms with Crippen LogP contribution < -0.4 is 4.90 Å². The Morgan fingerprint density at radius 1 is 1.20 bits per heavy atom. The maximum atomic E-state index is 11.3. The summed E-state index contributed by atoms with van der Waals surface area (Å²) in [5, 5.41) is 22.5. The zero-order valence-electron chi connectivity index (χ0n) is 13.3. The molecule has 0 saturated heterocycles. The third-order valence-corrected chi connectivity index (χ3v) is 4.18. The van der Waals surface area contributed by atoms with Crippen LogP contribution in [0.25, 0.3) is 10.8 Å². The molecule has 0 saturated carbocycles. The van der Waals surface area contributed by atoms with E-state index in [-0.39, 0.29) is 12.3 Å². The number of non-ortho nitro benzene ring substituents is 1. The van der Waals surface area contributed by atoms with Gasteiger partial charge < -0.3 is 10.0 Å². The quantitative estimate of drug-likeness (QED) is 0.536. The fourth-order valence-electron chi connectivity index (χ4n) is 2.86. The molecule has 0 aliphatic heterocycles. The zero-order valence-corrected chi connectivity index (χ0v) is 14.1. The molecule has 0 atom stereocenters. The summed E-state index contributed by atoms with van der Waals surface area (Å²) in [4.78, 5) is 16.8. The van der Waals surface area contributed by atoms with Gasteiger partial charge in [0, 0.05) is 47.6 Å². The van der Waals surface area contributed by atoms with Crippen molar-refractivity contribution in [2.75, 3.05) is 18.1 Å². The molecular weight excluding hydrogens is 342 g/mol. The summed E-state index contributed by atoms with van der Waals surface area (Å²) in [6.07, 6.45) is 3.10. The average Bonchev–Trinajstić information content (AvgIpc) is 2.60. The predicted molar refractivity (Wildman–Crippen MR) is 98.0 cm³/mol. The first-order valence-electron chi connectivity index (χ1n) is 7.71. The summed E-state index contributed by atoms with van der Waals surface area (Å²) in [6.45, 7) is 0.877. The highest BCUT2D eigenvalue weighted by Gasteiger charge is 2.18. The van der Waals surface area contributed by atoms with Gasteiger partial charge in [-0.05, 0) is 29.8 Å². The normalized spacial score (nSPS) is 10.8. The number of pyridine rings is 1. The fourth-order valence-corrected chi connectivity index (χ4v) is 3.07. The summed E-state index contributed by atoms with van der Waals surface area (Å²) < 4.78 is 0. The molecule has 0 bridgehead atoms. The molecule has 0 radical (unpaired) electrons. The van der Waals surface area contributed by atoms with Crippen LogP contribution in [-0.2, 0) is 6.54 Å². The van der Waals surface area contributed by atoms with Gasteiger partial charge in [-0.15, -0.1) is 0 Å². The third kappa shape index (κ3) is 3.70. The van der Waals surface area contributed by atoms with E-state index < -0.39 is 4.92 Å². The van der Waals surface area contributed by atoms with Crippen molar-refractivity contribution in [3.63, 3.8) is 0 Å². The number of rotatable bonds is 6. The van der Waals surface area contributed by atoms with Crippen molar-refractivity contribution in [2.24, 2.45) is 0 Å². The SMILES string of the molecule is O=[N+]([O-])c1ccc(N(CCO)Cc2cccc(Cl)c2)c2ccncc12. The first-order chi connectivity index (χ1) is 12.1. The van der Waals surface area contributed by atoms with E-state index in [1.165, 1.54) is 12.3 Å². The van der Waals surface area contributed by atoms with Gasteiger partial charge in [0.15, 0.2) is 0 Å². The van der Waals surface area contributed by atoms with Crippen LogP contribution in [0.3, 0.4) is 0 Å². The van der Waals surface area contributed by atoms with Gasteiger partial charge in [-0.3, -0.25) is 15.1 Å². The minimum Gasteiger partial charge on any atom is -0.395 e. The minimum absolute atomic E-state index is 0.0126. The Balaban J connectivity index is 2.07. The summed E-state index contributed by atoms with van der Waals surface area (Å²) in [7, 11) is 0. The first-order valence-corrected chi connectivity index (χ1v) is 8.09. The van der Waals surface area contributed by atoms with E-state index in [2.05, 4.69) is 4.98 Å². The van der Waals surface area contributed by atoms with E-state index in [0.29, 0.717) is 23.5 Å². The number of benzene rings is 2. The molecule has 0 amide bonds. The van der Waals surface area contributed by atoms with Gasteiger partial charge in [0.2, 0.25) is 0 Å². The molecule has 3 aromatic rings. The van der Waals surface area contributed by atoms with Crippen molar-refractivity contribution in [1.29, 1.82) is 0 Å². The molecule has 0 unspecified atom stereocenters. The zero-order chi connectivity index (χ0) is 17.8. The summed E-state index contributed by atoms with van der Waals surface area (Å²) in [6, 6.07) is 12.4. The molecule has 6 nitrogen and oxygen atoms in total. The smallest absolute Gasteiger partial charge is 0.278 e. The van der Waals surface area contributed by atoms with Crippen LogP contribution in [0, 0.1) is 10.1 Å². The summed E-state index contributed by atoms with van der Waals surface area (Å²) in [5.41, 5.74) is 1.80. The van der Waals surface area contributed by atoms with Crippen molar-refractivity contribution in [3.05, 3.63) is 75.6 Å². The molecule has 0 fully saturated rings. The van der Waals surface area contributed by atoms with Crippen molar-refractivity contribution in [3.8, 4) is 0 Å².